The zero-order valence-corrected chi connectivity index (χ0v) is 23.1. The second kappa shape index (κ2) is 10.6. The van der Waals surface area contributed by atoms with Crippen LogP contribution in [0.15, 0.2) is 75.3 Å². The highest BCUT2D eigenvalue weighted by atomic mass is 79.9. The minimum Gasteiger partial charge on any atom is -0.494 e. The monoisotopic (exact) mass is 586 g/mol. The van der Waals surface area contributed by atoms with E-state index < -0.39 is 0 Å². The van der Waals surface area contributed by atoms with Crippen LogP contribution in [0.1, 0.15) is 37.6 Å². The first-order chi connectivity index (χ1) is 18.7. The van der Waals surface area contributed by atoms with Crippen molar-refractivity contribution in [3.8, 4) is 11.8 Å². The van der Waals surface area contributed by atoms with Gasteiger partial charge in [0.15, 0.2) is 23.4 Å². The number of benzene rings is 2. The van der Waals surface area contributed by atoms with Crippen molar-refractivity contribution >= 4 is 61.8 Å². The fraction of sp³-hybridized carbons (Fsp3) is 0.143. The van der Waals surface area contributed by atoms with E-state index >= 15 is 0 Å². The number of nitrogens with zero attached hydrogens (tertiary/aromatic N) is 4. The third-order valence-electron chi connectivity index (χ3n) is 6.05. The van der Waals surface area contributed by atoms with Gasteiger partial charge >= 0.3 is 0 Å². The van der Waals surface area contributed by atoms with E-state index in [0.29, 0.717) is 22.8 Å². The molecule has 10 nitrogen and oxygen atoms in total. The van der Waals surface area contributed by atoms with Gasteiger partial charge in [0.05, 0.1) is 21.8 Å². The molecule has 39 heavy (non-hydrogen) atoms. The van der Waals surface area contributed by atoms with E-state index in [1.54, 1.807) is 18.6 Å². The Morgan fingerprint density at radius 3 is 1.90 bits per heavy atom. The van der Waals surface area contributed by atoms with E-state index in [0.717, 1.165) is 32.0 Å². The summed E-state index contributed by atoms with van der Waals surface area (Å²) in [6.07, 6.45) is 4.87. The maximum Gasteiger partial charge on any atom is 0.198 e. The Bertz CT molecular complexity index is 1800. The first-order valence-electron chi connectivity index (χ1n) is 12.1. The van der Waals surface area contributed by atoms with E-state index in [4.69, 9.17) is 0 Å². The molecular weight excluding hydrogens is 560 g/mol. The van der Waals surface area contributed by atoms with E-state index in [1.165, 1.54) is 0 Å². The molecule has 4 aromatic heterocycles. The van der Waals surface area contributed by atoms with Gasteiger partial charge in [-0.2, -0.15) is 10.2 Å². The Hall–Kier alpha value is -4.64. The van der Waals surface area contributed by atoms with Crippen molar-refractivity contribution in [2.75, 3.05) is 0 Å². The van der Waals surface area contributed by atoms with Crippen LogP contribution in [0.5, 0.6) is 11.8 Å². The third kappa shape index (κ3) is 5.63. The summed E-state index contributed by atoms with van der Waals surface area (Å²) in [5.41, 5.74) is 4.12. The first kappa shape index (κ1) is 26.0. The van der Waals surface area contributed by atoms with E-state index in [9.17, 15) is 10.2 Å². The van der Waals surface area contributed by atoms with Crippen LogP contribution in [-0.2, 0) is 5.41 Å². The number of fused-ring (bicyclic) bond motifs is 2. The van der Waals surface area contributed by atoms with Crippen LogP contribution >= 0.6 is 15.9 Å². The van der Waals surface area contributed by atoms with E-state index in [2.05, 4.69) is 77.0 Å². The average molecular weight is 587 g/mol. The summed E-state index contributed by atoms with van der Waals surface area (Å²) in [5, 5.41) is 35.5. The number of hydrogen-bond donors (Lipinski definition) is 6. The maximum absolute atomic E-state index is 9.97. The number of hydrogen-bond acceptors (Lipinski definition) is 6. The summed E-state index contributed by atoms with van der Waals surface area (Å²) in [6.45, 7) is 6.33. The van der Waals surface area contributed by atoms with Crippen molar-refractivity contribution in [3.63, 3.8) is 0 Å². The molecule has 0 saturated carbocycles. The lowest BCUT2D eigenvalue weighted by molar-refractivity contribution is 0.457. The molecule has 0 saturated heterocycles. The van der Waals surface area contributed by atoms with Crippen molar-refractivity contribution in [1.82, 2.24) is 30.4 Å². The Morgan fingerprint density at radius 2 is 1.38 bits per heavy atom. The second-order valence-electron chi connectivity index (χ2n) is 9.84. The number of halogens is 1. The Kier molecular flexibility index (Phi) is 7.07. The summed E-state index contributed by atoms with van der Waals surface area (Å²) in [6, 6.07) is 17.3. The van der Waals surface area contributed by atoms with Crippen molar-refractivity contribution in [2.24, 2.45) is 9.98 Å². The molecule has 0 aliphatic rings. The normalized spacial score (nSPS) is 12.1. The van der Waals surface area contributed by atoms with Gasteiger partial charge in [-0.25, -0.2) is 9.98 Å². The summed E-state index contributed by atoms with van der Waals surface area (Å²) < 4.78 is 0.776. The molecule has 6 rings (SSSR count). The molecular formula is C28H27BrN8O2. The lowest BCUT2D eigenvalue weighted by Gasteiger charge is -2.14. The lowest BCUT2D eigenvalue weighted by atomic mass is 9.92. The average Bonchev–Trinajstić information content (AvgIpc) is 3.67. The number of nitrogens with one attached hydrogen (secondary N) is 4. The van der Waals surface area contributed by atoms with Crippen LogP contribution in [0.25, 0.3) is 21.8 Å². The largest absolute Gasteiger partial charge is 0.494 e. The Morgan fingerprint density at radius 1 is 0.821 bits per heavy atom. The quantitative estimate of drug-likeness (QED) is 0.126. The van der Waals surface area contributed by atoms with Gasteiger partial charge < -0.3 is 20.2 Å². The molecule has 0 bridgehead atoms. The molecule has 6 N–H and O–H groups in total. The van der Waals surface area contributed by atoms with Crippen LogP contribution in [0.2, 0.25) is 0 Å². The highest BCUT2D eigenvalue weighted by Gasteiger charge is 2.16. The van der Waals surface area contributed by atoms with Crippen molar-refractivity contribution in [1.29, 1.82) is 0 Å². The number of aromatic hydroxyl groups is 2. The molecule has 0 aliphatic carbocycles. The van der Waals surface area contributed by atoms with Gasteiger partial charge in [-0.1, -0.05) is 57.2 Å². The topological polar surface area (TPSA) is 154 Å². The van der Waals surface area contributed by atoms with Crippen molar-refractivity contribution < 1.29 is 10.2 Å². The molecule has 6 aromatic rings. The molecule has 0 unspecified atom stereocenters. The van der Waals surface area contributed by atoms with Gasteiger partial charge in [0.1, 0.15) is 0 Å². The lowest BCUT2D eigenvalue weighted by Crippen LogP contribution is -2.11. The smallest absolute Gasteiger partial charge is 0.198 e. The summed E-state index contributed by atoms with van der Waals surface area (Å²) in [5.74, 6) is 1.44. The Labute approximate surface area is 232 Å². The molecule has 0 atom stereocenters. The molecule has 0 fully saturated rings. The maximum atomic E-state index is 9.97. The number of aromatic amines is 4. The van der Waals surface area contributed by atoms with Crippen molar-refractivity contribution in [2.45, 2.75) is 26.2 Å². The first-order valence-corrected chi connectivity index (χ1v) is 12.9. The SMILES string of the molecule is CC(C)(C)c1cc(N=Cc2c(O)[nH]c3ccccc23)n[nH]1.Oc1[nH]c2ccccc2c1C=Nc1[nH]ncc1Br. The van der Waals surface area contributed by atoms with Crippen LogP contribution in [0.3, 0.4) is 0 Å². The number of aromatic nitrogens is 6. The van der Waals surface area contributed by atoms with Gasteiger partial charge in [-0.05, 0) is 28.1 Å². The van der Waals surface area contributed by atoms with Crippen LogP contribution in [-0.4, -0.2) is 53.0 Å². The molecule has 0 aliphatic heterocycles. The van der Waals surface area contributed by atoms with Gasteiger partial charge in [-0.3, -0.25) is 10.2 Å². The van der Waals surface area contributed by atoms with Crippen LogP contribution < -0.4 is 0 Å². The van der Waals surface area contributed by atoms with Gasteiger partial charge in [0.2, 0.25) is 0 Å². The van der Waals surface area contributed by atoms with Gasteiger partial charge in [0, 0.05) is 51.4 Å². The zero-order valence-electron chi connectivity index (χ0n) is 21.5. The van der Waals surface area contributed by atoms with E-state index in [1.807, 2.05) is 54.6 Å². The summed E-state index contributed by atoms with van der Waals surface area (Å²) in [4.78, 5) is 14.4. The molecule has 2 aromatic carbocycles. The summed E-state index contributed by atoms with van der Waals surface area (Å²) in [7, 11) is 0. The predicted molar refractivity (Wildman–Crippen MR) is 158 cm³/mol. The highest BCUT2D eigenvalue weighted by Crippen LogP contribution is 2.28. The van der Waals surface area contributed by atoms with E-state index in [-0.39, 0.29) is 17.2 Å². The molecule has 11 heteroatoms. The number of aliphatic imine (C=N–C) groups is 2. The summed E-state index contributed by atoms with van der Waals surface area (Å²) >= 11 is 3.32. The molecule has 0 amide bonds. The Balaban J connectivity index is 0.000000160. The molecule has 0 spiro atoms. The van der Waals surface area contributed by atoms with Gasteiger partial charge in [0.25, 0.3) is 0 Å². The predicted octanol–water partition coefficient (Wildman–Crippen LogP) is 6.75. The standard InChI is InChI=1S/C16H18N4O.C12H9BrN4O/c1-16(2,3)13-8-14(20-19-13)17-9-11-10-6-4-5-7-12(10)18-15(11)21;13-9-6-15-17-11(9)14-5-8-7-3-1-2-4-10(7)16-12(8)18/h4-9,18,21H,1-3H3,(H,19,20);1-6,16,18H,(H,15,17). The third-order valence-corrected chi connectivity index (χ3v) is 6.63. The van der Waals surface area contributed by atoms with Gasteiger partial charge in [-0.15, -0.1) is 0 Å². The van der Waals surface area contributed by atoms with Crippen LogP contribution in [0, 0.1) is 0 Å². The minimum atomic E-state index is 0.00366. The number of rotatable bonds is 4. The fourth-order valence-electron chi connectivity index (χ4n) is 3.94. The molecule has 4 heterocycles. The number of para-hydroxylation sites is 2. The molecule has 0 radical (unpaired) electrons. The molecule has 198 valence electrons. The fourth-order valence-corrected chi connectivity index (χ4v) is 4.23. The second-order valence-corrected chi connectivity index (χ2v) is 10.7. The minimum absolute atomic E-state index is 0.00366. The van der Waals surface area contributed by atoms with Crippen molar-refractivity contribution in [3.05, 3.63) is 82.1 Å². The zero-order chi connectivity index (χ0) is 27.6. The highest BCUT2D eigenvalue weighted by molar-refractivity contribution is 9.10. The number of H-pyrrole nitrogens is 4. The van der Waals surface area contributed by atoms with Crippen LogP contribution in [0.4, 0.5) is 11.6 Å².